The van der Waals surface area contributed by atoms with Crippen LogP contribution in [0.4, 0.5) is 5.69 Å². The van der Waals surface area contributed by atoms with Crippen LogP contribution in [0.15, 0.2) is 53.5 Å². The van der Waals surface area contributed by atoms with Crippen LogP contribution in [0, 0.1) is 3.57 Å². The van der Waals surface area contributed by atoms with Crippen LogP contribution in [-0.4, -0.2) is 12.8 Å². The van der Waals surface area contributed by atoms with E-state index in [1.807, 2.05) is 49.5 Å². The molecule has 0 aromatic heterocycles. The van der Waals surface area contributed by atoms with Gasteiger partial charge in [-0.3, -0.25) is 4.99 Å². The molecule has 0 fully saturated rings. The fourth-order valence-electron chi connectivity index (χ4n) is 1.52. The van der Waals surface area contributed by atoms with Crippen molar-refractivity contribution in [3.63, 3.8) is 0 Å². The lowest BCUT2D eigenvalue weighted by Gasteiger charge is -2.02. The highest BCUT2D eigenvalue weighted by molar-refractivity contribution is 14.1. The molecule has 0 aliphatic carbocycles. The zero-order valence-corrected chi connectivity index (χ0v) is 12.3. The van der Waals surface area contributed by atoms with Gasteiger partial charge in [0.1, 0.15) is 5.75 Å². The summed E-state index contributed by atoms with van der Waals surface area (Å²) in [5.41, 5.74) is 2.06. The molecule has 0 aliphatic rings. The molecule has 0 heterocycles. The van der Waals surface area contributed by atoms with E-state index in [2.05, 4.69) is 39.7 Å². The molecule has 0 unspecified atom stereocenters. The third kappa shape index (κ3) is 3.57. The zero-order chi connectivity index (χ0) is 12.8. The van der Waals surface area contributed by atoms with E-state index in [1.54, 1.807) is 0 Å². The van der Waals surface area contributed by atoms with Crippen molar-refractivity contribution >= 4 is 34.5 Å². The Morgan fingerprint density at radius 2 is 1.83 bits per heavy atom. The zero-order valence-electron chi connectivity index (χ0n) is 10.1. The van der Waals surface area contributed by atoms with Gasteiger partial charge < -0.3 is 4.74 Å². The summed E-state index contributed by atoms with van der Waals surface area (Å²) in [6.45, 7) is 2.66. The Labute approximate surface area is 121 Å². The van der Waals surface area contributed by atoms with Crippen LogP contribution in [0.1, 0.15) is 12.5 Å². The van der Waals surface area contributed by atoms with Crippen molar-refractivity contribution in [2.24, 2.45) is 4.99 Å². The van der Waals surface area contributed by atoms with Crippen molar-refractivity contribution in [2.75, 3.05) is 6.61 Å². The average Bonchev–Trinajstić information content (AvgIpc) is 2.40. The Morgan fingerprint density at radius 3 is 2.50 bits per heavy atom. The highest BCUT2D eigenvalue weighted by atomic mass is 127. The van der Waals surface area contributed by atoms with Gasteiger partial charge in [0.15, 0.2) is 0 Å². The minimum atomic E-state index is 0.685. The molecule has 2 aromatic rings. The molecule has 2 nitrogen and oxygen atoms in total. The fourth-order valence-corrected chi connectivity index (χ4v) is 2.05. The molecule has 3 heteroatoms. The van der Waals surface area contributed by atoms with Crippen LogP contribution in [0.25, 0.3) is 0 Å². The first kappa shape index (κ1) is 13.1. The summed E-state index contributed by atoms with van der Waals surface area (Å²) in [4.78, 5) is 4.45. The Kier molecular flexibility index (Phi) is 4.75. The first-order valence-corrected chi connectivity index (χ1v) is 6.89. The van der Waals surface area contributed by atoms with Crippen molar-refractivity contribution in [1.82, 2.24) is 0 Å². The topological polar surface area (TPSA) is 21.6 Å². The number of aliphatic imine (C=N–C) groups is 1. The smallest absolute Gasteiger partial charge is 0.119 e. The van der Waals surface area contributed by atoms with Gasteiger partial charge >= 0.3 is 0 Å². The van der Waals surface area contributed by atoms with Crippen LogP contribution < -0.4 is 4.74 Å². The van der Waals surface area contributed by atoms with Gasteiger partial charge in [-0.2, -0.15) is 0 Å². The first-order chi connectivity index (χ1) is 8.79. The maximum atomic E-state index is 5.39. The third-order valence-electron chi connectivity index (χ3n) is 2.41. The van der Waals surface area contributed by atoms with Crippen LogP contribution in [-0.2, 0) is 0 Å². The number of nitrogens with zero attached hydrogens (tertiary/aromatic N) is 1. The Morgan fingerprint density at radius 1 is 1.11 bits per heavy atom. The molecule has 18 heavy (non-hydrogen) atoms. The SMILES string of the molecule is CCOc1ccc(N=Cc2ccccc2I)cc1. The van der Waals surface area contributed by atoms with Crippen molar-refractivity contribution in [2.45, 2.75) is 6.92 Å². The normalized spacial score (nSPS) is 10.8. The van der Waals surface area contributed by atoms with Gasteiger partial charge in [-0.15, -0.1) is 0 Å². The van der Waals surface area contributed by atoms with Crippen LogP contribution in [0.3, 0.4) is 0 Å². The molecule has 0 amide bonds. The molecular formula is C15H14INO. The highest BCUT2D eigenvalue weighted by Crippen LogP contribution is 2.18. The molecule has 0 bridgehead atoms. The van der Waals surface area contributed by atoms with E-state index >= 15 is 0 Å². The van der Waals surface area contributed by atoms with E-state index in [0.717, 1.165) is 17.0 Å². The van der Waals surface area contributed by atoms with E-state index in [4.69, 9.17) is 4.74 Å². The standard InChI is InChI=1S/C15H14INO/c1-2-18-14-9-7-13(8-10-14)17-11-12-5-3-4-6-15(12)16/h3-11H,2H2,1H3. The first-order valence-electron chi connectivity index (χ1n) is 5.81. The second-order valence-electron chi connectivity index (χ2n) is 3.71. The summed E-state index contributed by atoms with van der Waals surface area (Å²) in [7, 11) is 0. The predicted octanol–water partition coefficient (Wildman–Crippen LogP) is 4.44. The number of rotatable bonds is 4. The van der Waals surface area contributed by atoms with Gasteiger partial charge in [-0.05, 0) is 59.8 Å². The number of hydrogen-bond donors (Lipinski definition) is 0. The number of benzene rings is 2. The van der Waals surface area contributed by atoms with Crippen molar-refractivity contribution in [3.05, 3.63) is 57.7 Å². The fraction of sp³-hybridized carbons (Fsp3) is 0.133. The molecular weight excluding hydrogens is 337 g/mol. The molecule has 0 atom stereocenters. The summed E-state index contributed by atoms with van der Waals surface area (Å²) in [5, 5.41) is 0. The minimum absolute atomic E-state index is 0.685. The van der Waals surface area contributed by atoms with Gasteiger partial charge in [0.05, 0.1) is 12.3 Å². The molecule has 0 radical (unpaired) electrons. The van der Waals surface area contributed by atoms with Crippen molar-refractivity contribution in [3.8, 4) is 5.75 Å². The van der Waals surface area contributed by atoms with Gasteiger partial charge in [0.25, 0.3) is 0 Å². The maximum absolute atomic E-state index is 5.39. The molecule has 2 rings (SSSR count). The second-order valence-corrected chi connectivity index (χ2v) is 4.87. The summed E-state index contributed by atoms with van der Waals surface area (Å²) >= 11 is 2.31. The largest absolute Gasteiger partial charge is 0.494 e. The highest BCUT2D eigenvalue weighted by Gasteiger charge is 1.95. The van der Waals surface area contributed by atoms with E-state index in [0.29, 0.717) is 6.61 Å². The van der Waals surface area contributed by atoms with Gasteiger partial charge in [0.2, 0.25) is 0 Å². The van der Waals surface area contributed by atoms with Crippen LogP contribution >= 0.6 is 22.6 Å². The Hall–Kier alpha value is -1.36. The maximum Gasteiger partial charge on any atom is 0.119 e. The quantitative estimate of drug-likeness (QED) is 0.590. The molecule has 0 aliphatic heterocycles. The van der Waals surface area contributed by atoms with Crippen LogP contribution in [0.5, 0.6) is 5.75 Å². The molecule has 0 N–H and O–H groups in total. The van der Waals surface area contributed by atoms with Crippen molar-refractivity contribution in [1.29, 1.82) is 0 Å². The van der Waals surface area contributed by atoms with Crippen molar-refractivity contribution < 1.29 is 4.74 Å². The monoisotopic (exact) mass is 351 g/mol. The molecule has 0 spiro atoms. The van der Waals surface area contributed by atoms with Gasteiger partial charge in [-0.25, -0.2) is 0 Å². The molecule has 2 aromatic carbocycles. The summed E-state index contributed by atoms with van der Waals surface area (Å²) < 4.78 is 6.59. The predicted molar refractivity (Wildman–Crippen MR) is 84.0 cm³/mol. The van der Waals surface area contributed by atoms with E-state index < -0.39 is 0 Å². The van der Waals surface area contributed by atoms with E-state index in [-0.39, 0.29) is 0 Å². The Balaban J connectivity index is 2.12. The molecule has 92 valence electrons. The number of ether oxygens (including phenoxy) is 1. The Bertz CT molecular complexity index is 534. The average molecular weight is 351 g/mol. The summed E-state index contributed by atoms with van der Waals surface area (Å²) in [6.07, 6.45) is 1.89. The van der Waals surface area contributed by atoms with E-state index in [9.17, 15) is 0 Å². The lowest BCUT2D eigenvalue weighted by atomic mass is 10.2. The summed E-state index contributed by atoms with van der Waals surface area (Å²) in [5.74, 6) is 0.880. The lowest BCUT2D eigenvalue weighted by molar-refractivity contribution is 0.340. The van der Waals surface area contributed by atoms with Gasteiger partial charge in [-0.1, -0.05) is 18.2 Å². The number of halogens is 1. The van der Waals surface area contributed by atoms with Crippen LogP contribution in [0.2, 0.25) is 0 Å². The van der Waals surface area contributed by atoms with E-state index in [1.165, 1.54) is 3.57 Å². The third-order valence-corrected chi connectivity index (χ3v) is 3.39. The molecule has 0 saturated heterocycles. The number of hydrogen-bond acceptors (Lipinski definition) is 2. The molecule has 0 saturated carbocycles. The summed E-state index contributed by atoms with van der Waals surface area (Å²) in [6, 6.07) is 15.9. The lowest BCUT2D eigenvalue weighted by Crippen LogP contribution is -1.90. The minimum Gasteiger partial charge on any atom is -0.494 e. The van der Waals surface area contributed by atoms with Gasteiger partial charge in [0, 0.05) is 15.3 Å². The second kappa shape index (κ2) is 6.54.